The van der Waals surface area contributed by atoms with Gasteiger partial charge in [-0.1, -0.05) is 35.0 Å². The monoisotopic (exact) mass is 308 g/mol. The number of nitrogens with two attached hydrogens (primary N) is 2. The lowest BCUT2D eigenvalue weighted by molar-refractivity contribution is 0.794. The molecule has 4 N–H and O–H groups in total. The van der Waals surface area contributed by atoms with Crippen LogP contribution >= 0.6 is 15.9 Å². The molecule has 2 rings (SSSR count). The zero-order valence-electron chi connectivity index (χ0n) is 10.6. The van der Waals surface area contributed by atoms with Crippen molar-refractivity contribution in [2.24, 2.45) is 0 Å². The standard InChI is InChI=1S/C13H17BrN4/c1-3-4-11-17-12(13(15)18(11)16)9-6-5-8(2)7-10(9)14/h5-7H,3-4,15-16H2,1-2H3. The van der Waals surface area contributed by atoms with Crippen molar-refractivity contribution in [3.8, 4) is 11.3 Å². The summed E-state index contributed by atoms with van der Waals surface area (Å²) >= 11 is 3.55. The fourth-order valence-electron chi connectivity index (χ4n) is 1.90. The lowest BCUT2D eigenvalue weighted by atomic mass is 10.1. The number of benzene rings is 1. The highest BCUT2D eigenvalue weighted by atomic mass is 79.9. The molecule has 0 amide bonds. The molecule has 1 aromatic heterocycles. The fourth-order valence-corrected chi connectivity index (χ4v) is 2.58. The van der Waals surface area contributed by atoms with E-state index in [0.717, 1.165) is 34.4 Å². The zero-order valence-corrected chi connectivity index (χ0v) is 12.2. The Morgan fingerprint density at radius 2 is 2.11 bits per heavy atom. The first kappa shape index (κ1) is 13.0. The zero-order chi connectivity index (χ0) is 13.3. The first-order valence-corrected chi connectivity index (χ1v) is 6.72. The van der Waals surface area contributed by atoms with Crippen molar-refractivity contribution in [3.63, 3.8) is 0 Å². The SMILES string of the molecule is CCCc1nc(-c2ccc(C)cc2Br)c(N)n1N. The Balaban J connectivity index is 2.53. The largest absolute Gasteiger partial charge is 0.382 e. The molecule has 0 aliphatic rings. The number of imidazole rings is 1. The van der Waals surface area contributed by atoms with Crippen LogP contribution in [0.25, 0.3) is 11.3 Å². The molecule has 0 aliphatic heterocycles. The molecule has 18 heavy (non-hydrogen) atoms. The van der Waals surface area contributed by atoms with Crippen LogP contribution in [0, 0.1) is 6.92 Å². The van der Waals surface area contributed by atoms with Crippen LogP contribution in [0.15, 0.2) is 22.7 Å². The molecule has 5 heteroatoms. The van der Waals surface area contributed by atoms with Gasteiger partial charge in [0.05, 0.1) is 0 Å². The maximum Gasteiger partial charge on any atom is 0.150 e. The van der Waals surface area contributed by atoms with Gasteiger partial charge in [-0.25, -0.2) is 9.66 Å². The van der Waals surface area contributed by atoms with Crippen LogP contribution in [0.3, 0.4) is 0 Å². The highest BCUT2D eigenvalue weighted by Gasteiger charge is 2.15. The minimum atomic E-state index is 0.503. The molecule has 1 aromatic carbocycles. The molecular weight excluding hydrogens is 292 g/mol. The smallest absolute Gasteiger partial charge is 0.150 e. The molecule has 0 saturated heterocycles. The van der Waals surface area contributed by atoms with E-state index in [1.807, 2.05) is 25.1 Å². The molecule has 0 fully saturated rings. The molecule has 0 aliphatic carbocycles. The molecule has 2 aromatic rings. The van der Waals surface area contributed by atoms with Gasteiger partial charge in [0, 0.05) is 16.5 Å². The number of halogens is 1. The van der Waals surface area contributed by atoms with E-state index in [1.54, 1.807) is 0 Å². The Hall–Kier alpha value is -1.49. The topological polar surface area (TPSA) is 69.9 Å². The lowest BCUT2D eigenvalue weighted by Gasteiger charge is -2.04. The van der Waals surface area contributed by atoms with Crippen LogP contribution in [0.1, 0.15) is 24.7 Å². The van der Waals surface area contributed by atoms with Crippen molar-refractivity contribution in [1.29, 1.82) is 0 Å². The molecular formula is C13H17BrN4. The van der Waals surface area contributed by atoms with Crippen LogP contribution in [-0.2, 0) is 6.42 Å². The van der Waals surface area contributed by atoms with Crippen molar-refractivity contribution in [2.75, 3.05) is 11.6 Å². The molecule has 0 radical (unpaired) electrons. The van der Waals surface area contributed by atoms with Crippen LogP contribution in [0.5, 0.6) is 0 Å². The van der Waals surface area contributed by atoms with Crippen molar-refractivity contribution in [1.82, 2.24) is 9.66 Å². The Labute approximate surface area is 115 Å². The maximum absolute atomic E-state index is 6.03. The molecule has 0 saturated carbocycles. The van der Waals surface area contributed by atoms with Gasteiger partial charge < -0.3 is 11.6 Å². The van der Waals surface area contributed by atoms with E-state index in [-0.39, 0.29) is 0 Å². The molecule has 0 spiro atoms. The number of rotatable bonds is 3. The number of nitrogen functional groups attached to an aromatic ring is 2. The van der Waals surface area contributed by atoms with Gasteiger partial charge in [-0.15, -0.1) is 0 Å². The van der Waals surface area contributed by atoms with E-state index in [2.05, 4.69) is 27.8 Å². The minimum Gasteiger partial charge on any atom is -0.382 e. The summed E-state index contributed by atoms with van der Waals surface area (Å²) in [6, 6.07) is 6.09. The molecule has 0 bridgehead atoms. The van der Waals surface area contributed by atoms with Crippen LogP contribution in [-0.4, -0.2) is 9.66 Å². The maximum atomic E-state index is 6.03. The Bertz CT molecular complexity index is 575. The first-order chi connectivity index (χ1) is 8.54. The second-order valence-corrected chi connectivity index (χ2v) is 5.22. The third-order valence-corrected chi connectivity index (χ3v) is 3.53. The summed E-state index contributed by atoms with van der Waals surface area (Å²) in [6.45, 7) is 4.13. The van der Waals surface area contributed by atoms with Crippen LogP contribution < -0.4 is 11.6 Å². The van der Waals surface area contributed by atoms with E-state index in [9.17, 15) is 0 Å². The van der Waals surface area contributed by atoms with E-state index < -0.39 is 0 Å². The number of aryl methyl sites for hydroxylation is 2. The van der Waals surface area contributed by atoms with Gasteiger partial charge in [-0.3, -0.25) is 0 Å². The van der Waals surface area contributed by atoms with Gasteiger partial charge in [0.25, 0.3) is 0 Å². The molecule has 1 heterocycles. The highest BCUT2D eigenvalue weighted by molar-refractivity contribution is 9.10. The van der Waals surface area contributed by atoms with E-state index in [4.69, 9.17) is 11.6 Å². The number of anilines is 1. The highest BCUT2D eigenvalue weighted by Crippen LogP contribution is 2.32. The van der Waals surface area contributed by atoms with Gasteiger partial charge in [-0.05, 0) is 25.0 Å². The predicted molar refractivity (Wildman–Crippen MR) is 78.7 cm³/mol. The summed E-state index contributed by atoms with van der Waals surface area (Å²) in [5, 5.41) is 0. The van der Waals surface area contributed by atoms with Gasteiger partial charge >= 0.3 is 0 Å². The second-order valence-electron chi connectivity index (χ2n) is 4.37. The Morgan fingerprint density at radius 3 is 2.72 bits per heavy atom. The summed E-state index contributed by atoms with van der Waals surface area (Å²) in [5.74, 6) is 7.24. The number of hydrogen-bond acceptors (Lipinski definition) is 3. The summed E-state index contributed by atoms with van der Waals surface area (Å²) in [5.41, 5.74) is 8.93. The van der Waals surface area contributed by atoms with Crippen molar-refractivity contribution in [3.05, 3.63) is 34.1 Å². The van der Waals surface area contributed by atoms with E-state index in [0.29, 0.717) is 5.82 Å². The van der Waals surface area contributed by atoms with E-state index >= 15 is 0 Å². The Kier molecular flexibility index (Phi) is 3.61. The van der Waals surface area contributed by atoms with Crippen LogP contribution in [0.4, 0.5) is 5.82 Å². The number of aromatic nitrogens is 2. The van der Waals surface area contributed by atoms with E-state index in [1.165, 1.54) is 10.2 Å². The average Bonchev–Trinajstić information content (AvgIpc) is 2.58. The van der Waals surface area contributed by atoms with Gasteiger partial charge in [0.15, 0.2) is 5.82 Å². The number of nitrogens with zero attached hydrogens (tertiary/aromatic N) is 2. The quantitative estimate of drug-likeness (QED) is 0.857. The lowest BCUT2D eigenvalue weighted by Crippen LogP contribution is -2.15. The average molecular weight is 309 g/mol. The molecule has 4 nitrogen and oxygen atoms in total. The van der Waals surface area contributed by atoms with Gasteiger partial charge in [-0.2, -0.15) is 0 Å². The molecule has 0 unspecified atom stereocenters. The first-order valence-electron chi connectivity index (χ1n) is 5.93. The molecule has 0 atom stereocenters. The third-order valence-electron chi connectivity index (χ3n) is 2.87. The van der Waals surface area contributed by atoms with Crippen molar-refractivity contribution in [2.45, 2.75) is 26.7 Å². The third kappa shape index (κ3) is 2.22. The second kappa shape index (κ2) is 5.02. The minimum absolute atomic E-state index is 0.503. The van der Waals surface area contributed by atoms with Crippen molar-refractivity contribution >= 4 is 21.7 Å². The summed E-state index contributed by atoms with van der Waals surface area (Å²) in [4.78, 5) is 4.54. The van der Waals surface area contributed by atoms with Gasteiger partial charge in [0.2, 0.25) is 0 Å². The summed E-state index contributed by atoms with van der Waals surface area (Å²) in [6.07, 6.45) is 1.81. The predicted octanol–water partition coefficient (Wildman–Crippen LogP) is 2.87. The fraction of sp³-hybridized carbons (Fsp3) is 0.308. The summed E-state index contributed by atoms with van der Waals surface area (Å²) < 4.78 is 2.46. The van der Waals surface area contributed by atoms with Crippen molar-refractivity contribution < 1.29 is 0 Å². The summed E-state index contributed by atoms with van der Waals surface area (Å²) in [7, 11) is 0. The van der Waals surface area contributed by atoms with Crippen LogP contribution in [0.2, 0.25) is 0 Å². The normalized spacial score (nSPS) is 10.8. The Morgan fingerprint density at radius 1 is 1.39 bits per heavy atom. The molecule has 96 valence electrons. The number of hydrogen-bond donors (Lipinski definition) is 2. The van der Waals surface area contributed by atoms with Gasteiger partial charge in [0.1, 0.15) is 11.5 Å².